The van der Waals surface area contributed by atoms with Crippen LogP contribution < -0.4 is 12.3 Å². The lowest BCUT2D eigenvalue weighted by Crippen LogP contribution is -1.83. The van der Waals surface area contributed by atoms with Crippen LogP contribution in [0.25, 0.3) is 0 Å². The summed E-state index contributed by atoms with van der Waals surface area (Å²) < 4.78 is 0. The lowest BCUT2D eigenvalue weighted by atomic mass is 10.0. The molecule has 6 N–H and O–H groups in total. The van der Waals surface area contributed by atoms with Gasteiger partial charge in [-0.25, -0.2) is 0 Å². The van der Waals surface area contributed by atoms with Crippen molar-refractivity contribution in [2.45, 2.75) is 116 Å². The molecule has 0 aromatic carbocycles. The third-order valence-electron chi connectivity index (χ3n) is 4.26. The van der Waals surface area contributed by atoms with Gasteiger partial charge >= 0.3 is 0 Å². The minimum absolute atomic E-state index is 0. The van der Waals surface area contributed by atoms with E-state index < -0.39 is 0 Å². The van der Waals surface area contributed by atoms with E-state index in [1.165, 1.54) is 109 Å². The quantitative estimate of drug-likeness (QED) is 0.193. The molecule has 0 rings (SSSR count). The number of halogens is 2. The van der Waals surface area contributed by atoms with Crippen LogP contribution in [0.5, 0.6) is 0 Å². The van der Waals surface area contributed by atoms with Crippen molar-refractivity contribution in [3.8, 4) is 0 Å². The van der Waals surface area contributed by atoms with Crippen molar-refractivity contribution in [1.29, 1.82) is 0 Å². The molecule has 0 aliphatic heterocycles. The molecule has 0 heterocycles. The van der Waals surface area contributed by atoms with Gasteiger partial charge < -0.3 is 12.3 Å². The maximum atomic E-state index is 3.77. The summed E-state index contributed by atoms with van der Waals surface area (Å²) in [5.74, 6) is 0. The zero-order valence-corrected chi connectivity index (χ0v) is 18.2. The summed E-state index contributed by atoms with van der Waals surface area (Å²) in [4.78, 5) is 0. The fourth-order valence-corrected chi connectivity index (χ4v) is 2.84. The lowest BCUT2D eigenvalue weighted by molar-refractivity contribution is 0.530. The molecule has 0 spiro atoms. The van der Waals surface area contributed by atoms with Crippen molar-refractivity contribution in [3.05, 3.63) is 12.7 Å². The third-order valence-corrected chi connectivity index (χ3v) is 4.26. The standard InChI is InChI=1S/C20H40.2ClH.2H3N/c1-3-5-7-9-11-13-15-17-19-20-18-16-14-12-10-8-6-4-2;;;;/h3H,1,4-20H2,2H3;2*1H;2*1H3. The molecule has 0 unspecified atom stereocenters. The first-order valence-corrected chi connectivity index (χ1v) is 9.52. The Labute approximate surface area is 166 Å². The van der Waals surface area contributed by atoms with E-state index in [1.807, 2.05) is 6.08 Å². The molecule has 0 fully saturated rings. The van der Waals surface area contributed by atoms with Crippen LogP contribution in [-0.2, 0) is 0 Å². The zero-order valence-electron chi connectivity index (χ0n) is 16.5. The van der Waals surface area contributed by atoms with Crippen molar-refractivity contribution in [3.63, 3.8) is 0 Å². The predicted molar refractivity (Wildman–Crippen MR) is 119 cm³/mol. The molecular weight excluding hydrogens is 339 g/mol. The first-order chi connectivity index (χ1) is 9.91. The first kappa shape index (κ1) is 35.4. The molecule has 24 heavy (non-hydrogen) atoms. The summed E-state index contributed by atoms with van der Waals surface area (Å²) in [7, 11) is 0. The summed E-state index contributed by atoms with van der Waals surface area (Å²) >= 11 is 0. The Hall–Kier alpha value is 0.240. The second-order valence-corrected chi connectivity index (χ2v) is 6.38. The van der Waals surface area contributed by atoms with Gasteiger partial charge in [0.2, 0.25) is 0 Å². The van der Waals surface area contributed by atoms with E-state index in [9.17, 15) is 0 Å². The highest BCUT2D eigenvalue weighted by Gasteiger charge is 1.94. The van der Waals surface area contributed by atoms with Crippen LogP contribution in [0.15, 0.2) is 12.7 Å². The van der Waals surface area contributed by atoms with E-state index in [0.29, 0.717) is 0 Å². The minimum Gasteiger partial charge on any atom is -0.344 e. The number of rotatable bonds is 17. The SMILES string of the molecule is C=CCCCCCCCCCCCCCCCCCC.Cl.Cl.N.N. The fourth-order valence-electron chi connectivity index (χ4n) is 2.84. The van der Waals surface area contributed by atoms with E-state index in [-0.39, 0.29) is 37.1 Å². The Morgan fingerprint density at radius 3 is 1.00 bits per heavy atom. The topological polar surface area (TPSA) is 70.0 Å². The van der Waals surface area contributed by atoms with Gasteiger partial charge in [0.05, 0.1) is 0 Å². The summed E-state index contributed by atoms with van der Waals surface area (Å²) in [6.07, 6.45) is 26.4. The van der Waals surface area contributed by atoms with Crippen LogP contribution in [-0.4, -0.2) is 0 Å². The fraction of sp³-hybridized carbons (Fsp3) is 0.900. The maximum absolute atomic E-state index is 3.77. The van der Waals surface area contributed by atoms with Gasteiger partial charge in [0.1, 0.15) is 0 Å². The molecule has 0 aromatic heterocycles. The van der Waals surface area contributed by atoms with E-state index in [4.69, 9.17) is 0 Å². The van der Waals surface area contributed by atoms with Gasteiger partial charge in [-0.05, 0) is 12.8 Å². The molecule has 0 saturated heterocycles. The van der Waals surface area contributed by atoms with Crippen LogP contribution >= 0.6 is 24.8 Å². The Morgan fingerprint density at radius 2 is 0.750 bits per heavy atom. The van der Waals surface area contributed by atoms with Crippen molar-refractivity contribution >= 4 is 24.8 Å². The van der Waals surface area contributed by atoms with Crippen molar-refractivity contribution in [2.75, 3.05) is 0 Å². The van der Waals surface area contributed by atoms with Crippen LogP contribution in [0.2, 0.25) is 0 Å². The molecule has 152 valence electrons. The molecule has 0 saturated carbocycles. The highest BCUT2D eigenvalue weighted by atomic mass is 35.5. The number of unbranched alkanes of at least 4 members (excludes halogenated alkanes) is 16. The minimum atomic E-state index is 0. The molecule has 0 aliphatic carbocycles. The maximum Gasteiger partial charge on any atom is -0.0353 e. The Bertz CT molecular complexity index is 190. The molecule has 2 nitrogen and oxygen atoms in total. The zero-order chi connectivity index (χ0) is 14.7. The lowest BCUT2D eigenvalue weighted by Gasteiger charge is -2.03. The highest BCUT2D eigenvalue weighted by Crippen LogP contribution is 2.13. The van der Waals surface area contributed by atoms with Gasteiger partial charge in [-0.1, -0.05) is 109 Å². The van der Waals surface area contributed by atoms with Crippen molar-refractivity contribution in [2.24, 2.45) is 0 Å². The smallest absolute Gasteiger partial charge is 0.0353 e. The normalized spacial score (nSPS) is 9.04. The van der Waals surface area contributed by atoms with Gasteiger partial charge in [0, 0.05) is 0 Å². The summed E-state index contributed by atoms with van der Waals surface area (Å²) in [5, 5.41) is 0. The van der Waals surface area contributed by atoms with Crippen LogP contribution in [0.1, 0.15) is 116 Å². The monoisotopic (exact) mass is 386 g/mol. The molecule has 0 radical (unpaired) electrons. The molecular formula is C20H48Cl2N2. The van der Waals surface area contributed by atoms with Gasteiger partial charge in [-0.15, -0.1) is 31.4 Å². The van der Waals surface area contributed by atoms with Gasteiger partial charge in [-0.3, -0.25) is 0 Å². The first-order valence-electron chi connectivity index (χ1n) is 9.52. The second kappa shape index (κ2) is 34.6. The molecule has 0 aromatic rings. The van der Waals surface area contributed by atoms with Crippen molar-refractivity contribution < 1.29 is 0 Å². The molecule has 0 amide bonds. The molecule has 0 aliphatic rings. The van der Waals surface area contributed by atoms with Crippen LogP contribution in [0, 0.1) is 0 Å². The molecule has 4 heteroatoms. The van der Waals surface area contributed by atoms with Crippen molar-refractivity contribution in [1.82, 2.24) is 12.3 Å². The van der Waals surface area contributed by atoms with E-state index in [2.05, 4.69) is 13.5 Å². The number of hydrogen-bond acceptors (Lipinski definition) is 2. The number of hydrogen-bond donors (Lipinski definition) is 2. The number of allylic oxidation sites excluding steroid dienone is 1. The predicted octanol–water partition coefficient (Wildman–Crippen LogP) is 8.99. The van der Waals surface area contributed by atoms with Gasteiger partial charge in [0.15, 0.2) is 0 Å². The average Bonchev–Trinajstić information content (AvgIpc) is 2.47. The largest absolute Gasteiger partial charge is 0.344 e. The molecule has 0 atom stereocenters. The van der Waals surface area contributed by atoms with Gasteiger partial charge in [0.25, 0.3) is 0 Å². The van der Waals surface area contributed by atoms with E-state index in [1.54, 1.807) is 0 Å². The molecule has 0 bridgehead atoms. The Balaban J connectivity index is -0.000000301. The van der Waals surface area contributed by atoms with Gasteiger partial charge in [-0.2, -0.15) is 0 Å². The van der Waals surface area contributed by atoms with Crippen LogP contribution in [0.4, 0.5) is 0 Å². The third kappa shape index (κ3) is 33.8. The highest BCUT2D eigenvalue weighted by molar-refractivity contribution is 5.85. The Kier molecular flexibility index (Phi) is 50.9. The summed E-state index contributed by atoms with van der Waals surface area (Å²) in [6.45, 7) is 6.06. The average molecular weight is 388 g/mol. The van der Waals surface area contributed by atoms with E-state index >= 15 is 0 Å². The second-order valence-electron chi connectivity index (χ2n) is 6.38. The Morgan fingerprint density at radius 1 is 0.500 bits per heavy atom. The summed E-state index contributed by atoms with van der Waals surface area (Å²) in [6, 6.07) is 0. The van der Waals surface area contributed by atoms with Crippen LogP contribution in [0.3, 0.4) is 0 Å². The van der Waals surface area contributed by atoms with E-state index in [0.717, 1.165) is 0 Å². The summed E-state index contributed by atoms with van der Waals surface area (Å²) in [5.41, 5.74) is 0.